The molecule has 1 aromatic rings. The van der Waals surface area contributed by atoms with E-state index in [0.717, 1.165) is 5.69 Å². The Morgan fingerprint density at radius 2 is 1.86 bits per heavy atom. The van der Waals surface area contributed by atoms with Gasteiger partial charge in [-0.25, -0.2) is 0 Å². The number of nitrogens with one attached hydrogen (secondary N) is 1. The molecule has 0 saturated carbocycles. The second-order valence-electron chi connectivity index (χ2n) is 3.70. The predicted octanol–water partition coefficient (Wildman–Crippen LogP) is 2.93. The Balaban J connectivity index is 2.19. The molecule has 14 heavy (non-hydrogen) atoms. The van der Waals surface area contributed by atoms with Crippen LogP contribution in [0.3, 0.4) is 0 Å². The monoisotopic (exact) mass is 188 g/mol. The second-order valence-corrected chi connectivity index (χ2v) is 3.70. The van der Waals surface area contributed by atoms with Gasteiger partial charge in [-0.05, 0) is 49.0 Å². The summed E-state index contributed by atoms with van der Waals surface area (Å²) < 4.78 is 0. The third-order valence-corrected chi connectivity index (χ3v) is 2.71. The van der Waals surface area contributed by atoms with Crippen molar-refractivity contribution in [3.8, 4) is 0 Å². The lowest BCUT2D eigenvalue weighted by atomic mass is 9.94. The number of hydrazine groups is 1. The van der Waals surface area contributed by atoms with E-state index in [1.165, 1.54) is 36.8 Å². The highest BCUT2D eigenvalue weighted by molar-refractivity contribution is 5.67. The fraction of sp³-hybridized carbons (Fsp3) is 0.333. The number of nitrogens with two attached hydrogens (primary N) is 1. The summed E-state index contributed by atoms with van der Waals surface area (Å²) in [5, 5.41) is 0. The molecule has 0 atom stereocenters. The van der Waals surface area contributed by atoms with Crippen LogP contribution in [-0.4, -0.2) is 0 Å². The number of nitrogen functional groups attached to an aromatic ring is 1. The first-order valence-electron chi connectivity index (χ1n) is 5.16. The molecule has 1 aliphatic carbocycles. The Hall–Kier alpha value is -1.28. The molecule has 0 bridgehead atoms. The second kappa shape index (κ2) is 4.29. The smallest absolute Gasteiger partial charge is 0.0485 e. The summed E-state index contributed by atoms with van der Waals surface area (Å²) in [7, 11) is 0. The molecule has 0 heterocycles. The SMILES string of the molecule is NNc1ccc(C2=CCCCC2)cc1. The van der Waals surface area contributed by atoms with E-state index in [1.807, 2.05) is 12.1 Å². The van der Waals surface area contributed by atoms with Crippen molar-refractivity contribution in [1.82, 2.24) is 0 Å². The average Bonchev–Trinajstić information content (AvgIpc) is 2.30. The number of hydrogen-bond donors (Lipinski definition) is 2. The first-order chi connectivity index (χ1) is 6.90. The number of rotatable bonds is 2. The van der Waals surface area contributed by atoms with Crippen LogP contribution < -0.4 is 11.3 Å². The molecule has 3 N–H and O–H groups in total. The van der Waals surface area contributed by atoms with Crippen LogP contribution in [0.4, 0.5) is 5.69 Å². The van der Waals surface area contributed by atoms with E-state index in [1.54, 1.807) is 0 Å². The minimum absolute atomic E-state index is 0.963. The topological polar surface area (TPSA) is 38.0 Å². The normalized spacial score (nSPS) is 16.2. The van der Waals surface area contributed by atoms with Crippen LogP contribution in [0.2, 0.25) is 0 Å². The van der Waals surface area contributed by atoms with Crippen molar-refractivity contribution in [1.29, 1.82) is 0 Å². The highest BCUT2D eigenvalue weighted by atomic mass is 15.2. The zero-order chi connectivity index (χ0) is 9.80. The van der Waals surface area contributed by atoms with Gasteiger partial charge in [0.15, 0.2) is 0 Å². The van der Waals surface area contributed by atoms with Crippen molar-refractivity contribution in [2.75, 3.05) is 5.43 Å². The Bertz CT molecular complexity index is 325. The number of benzene rings is 1. The Labute approximate surface area is 84.8 Å². The van der Waals surface area contributed by atoms with Gasteiger partial charge in [-0.2, -0.15) is 0 Å². The molecule has 0 amide bonds. The molecule has 2 rings (SSSR count). The van der Waals surface area contributed by atoms with Crippen LogP contribution in [0.15, 0.2) is 30.3 Å². The van der Waals surface area contributed by atoms with Gasteiger partial charge < -0.3 is 5.43 Å². The zero-order valence-electron chi connectivity index (χ0n) is 8.29. The molecule has 0 fully saturated rings. The van der Waals surface area contributed by atoms with Crippen molar-refractivity contribution in [2.45, 2.75) is 25.7 Å². The van der Waals surface area contributed by atoms with E-state index >= 15 is 0 Å². The summed E-state index contributed by atoms with van der Waals surface area (Å²) in [5.74, 6) is 5.31. The Morgan fingerprint density at radius 3 is 2.43 bits per heavy atom. The molecule has 0 spiro atoms. The van der Waals surface area contributed by atoms with Crippen molar-refractivity contribution in [3.63, 3.8) is 0 Å². The van der Waals surface area contributed by atoms with Gasteiger partial charge in [0.05, 0.1) is 0 Å². The maximum atomic E-state index is 5.31. The molecule has 0 radical (unpaired) electrons. The minimum atomic E-state index is 0.963. The maximum absolute atomic E-state index is 5.31. The molecular weight excluding hydrogens is 172 g/mol. The molecule has 2 nitrogen and oxygen atoms in total. The zero-order valence-corrected chi connectivity index (χ0v) is 8.29. The van der Waals surface area contributed by atoms with Crippen molar-refractivity contribution in [3.05, 3.63) is 35.9 Å². The lowest BCUT2D eigenvalue weighted by Gasteiger charge is -2.13. The molecule has 0 aromatic heterocycles. The number of allylic oxidation sites excluding steroid dienone is 2. The Morgan fingerprint density at radius 1 is 1.07 bits per heavy atom. The highest BCUT2D eigenvalue weighted by Crippen LogP contribution is 2.27. The van der Waals surface area contributed by atoms with Gasteiger partial charge in [-0.15, -0.1) is 0 Å². The number of anilines is 1. The summed E-state index contributed by atoms with van der Waals surface area (Å²) in [6.07, 6.45) is 7.46. The Kier molecular flexibility index (Phi) is 2.84. The summed E-state index contributed by atoms with van der Waals surface area (Å²) in [5.41, 5.74) is 6.42. The fourth-order valence-electron chi connectivity index (χ4n) is 1.88. The van der Waals surface area contributed by atoms with Crippen molar-refractivity contribution in [2.24, 2.45) is 5.84 Å². The van der Waals surface area contributed by atoms with Gasteiger partial charge in [0.2, 0.25) is 0 Å². The molecule has 0 unspecified atom stereocenters. The van der Waals surface area contributed by atoms with Crippen LogP contribution in [0, 0.1) is 0 Å². The highest BCUT2D eigenvalue weighted by Gasteiger charge is 2.05. The standard InChI is InChI=1S/C12H16N2/c13-14-12-8-6-11(7-9-12)10-4-2-1-3-5-10/h4,6-9,14H,1-3,5,13H2. The van der Waals surface area contributed by atoms with Crippen LogP contribution in [0.5, 0.6) is 0 Å². The lowest BCUT2D eigenvalue weighted by Crippen LogP contribution is -2.06. The van der Waals surface area contributed by atoms with E-state index in [0.29, 0.717) is 0 Å². The molecule has 1 aliphatic rings. The van der Waals surface area contributed by atoms with E-state index in [-0.39, 0.29) is 0 Å². The number of hydrogen-bond acceptors (Lipinski definition) is 2. The molecule has 0 aliphatic heterocycles. The molecule has 0 saturated heterocycles. The summed E-state index contributed by atoms with van der Waals surface area (Å²) in [6.45, 7) is 0. The van der Waals surface area contributed by atoms with Crippen molar-refractivity contribution < 1.29 is 0 Å². The first kappa shape index (κ1) is 9.28. The van der Waals surface area contributed by atoms with Gasteiger partial charge in [0, 0.05) is 5.69 Å². The van der Waals surface area contributed by atoms with E-state index in [9.17, 15) is 0 Å². The van der Waals surface area contributed by atoms with Gasteiger partial charge in [-0.1, -0.05) is 18.2 Å². The summed E-state index contributed by atoms with van der Waals surface area (Å²) in [6, 6.07) is 8.30. The van der Waals surface area contributed by atoms with Crippen LogP contribution in [-0.2, 0) is 0 Å². The first-order valence-corrected chi connectivity index (χ1v) is 5.16. The van der Waals surface area contributed by atoms with Crippen molar-refractivity contribution >= 4 is 11.3 Å². The predicted molar refractivity (Wildman–Crippen MR) is 60.7 cm³/mol. The fourth-order valence-corrected chi connectivity index (χ4v) is 1.88. The molecule has 1 aromatic carbocycles. The summed E-state index contributed by atoms with van der Waals surface area (Å²) in [4.78, 5) is 0. The summed E-state index contributed by atoms with van der Waals surface area (Å²) >= 11 is 0. The van der Waals surface area contributed by atoms with Gasteiger partial charge in [0.25, 0.3) is 0 Å². The largest absolute Gasteiger partial charge is 0.324 e. The van der Waals surface area contributed by atoms with Gasteiger partial charge >= 0.3 is 0 Å². The molecular formula is C12H16N2. The lowest BCUT2D eigenvalue weighted by molar-refractivity contribution is 0.742. The van der Waals surface area contributed by atoms with E-state index in [4.69, 9.17) is 5.84 Å². The molecule has 2 heteroatoms. The maximum Gasteiger partial charge on any atom is 0.0485 e. The van der Waals surface area contributed by atoms with Gasteiger partial charge in [0.1, 0.15) is 0 Å². The third kappa shape index (κ3) is 1.96. The average molecular weight is 188 g/mol. The van der Waals surface area contributed by atoms with E-state index in [2.05, 4.69) is 23.6 Å². The quantitative estimate of drug-likeness (QED) is 0.553. The minimum Gasteiger partial charge on any atom is -0.324 e. The van der Waals surface area contributed by atoms with Crippen LogP contribution in [0.1, 0.15) is 31.2 Å². The van der Waals surface area contributed by atoms with Crippen LogP contribution >= 0.6 is 0 Å². The van der Waals surface area contributed by atoms with Crippen LogP contribution in [0.25, 0.3) is 5.57 Å². The molecule has 74 valence electrons. The van der Waals surface area contributed by atoms with Gasteiger partial charge in [-0.3, -0.25) is 5.84 Å². The van der Waals surface area contributed by atoms with E-state index < -0.39 is 0 Å². The third-order valence-electron chi connectivity index (χ3n) is 2.71.